The summed E-state index contributed by atoms with van der Waals surface area (Å²) in [5, 5.41) is 17.1. The number of nitriles is 1. The molecule has 0 unspecified atom stereocenters. The molecular formula is C9H11N3O. The lowest BCUT2D eigenvalue weighted by Gasteiger charge is -2.06. The van der Waals surface area contributed by atoms with Gasteiger partial charge in [-0.25, -0.2) is 0 Å². The van der Waals surface area contributed by atoms with Crippen molar-refractivity contribution in [3.63, 3.8) is 0 Å². The van der Waals surface area contributed by atoms with Crippen LogP contribution in [0.5, 0.6) is 0 Å². The summed E-state index contributed by atoms with van der Waals surface area (Å²) in [5.41, 5.74) is 7.09. The summed E-state index contributed by atoms with van der Waals surface area (Å²) in [5.74, 6) is 0. The average molecular weight is 177 g/mol. The second kappa shape index (κ2) is 4.55. The summed E-state index contributed by atoms with van der Waals surface area (Å²) in [7, 11) is 0. The zero-order chi connectivity index (χ0) is 9.68. The van der Waals surface area contributed by atoms with Gasteiger partial charge in [0.2, 0.25) is 0 Å². The van der Waals surface area contributed by atoms with Gasteiger partial charge in [0, 0.05) is 12.2 Å². The molecule has 1 heterocycles. The molecule has 0 bridgehead atoms. The first-order valence-corrected chi connectivity index (χ1v) is 3.96. The lowest BCUT2D eigenvalue weighted by Crippen LogP contribution is -2.09. The quantitative estimate of drug-likeness (QED) is 0.703. The predicted molar refractivity (Wildman–Crippen MR) is 47.3 cm³/mol. The van der Waals surface area contributed by atoms with Crippen LogP contribution in [-0.2, 0) is 6.61 Å². The van der Waals surface area contributed by atoms with Gasteiger partial charge in [0.15, 0.2) is 0 Å². The van der Waals surface area contributed by atoms with Gasteiger partial charge in [0.1, 0.15) is 0 Å². The normalized spacial score (nSPS) is 12.1. The monoisotopic (exact) mass is 177 g/mol. The van der Waals surface area contributed by atoms with Crippen molar-refractivity contribution in [2.75, 3.05) is 0 Å². The Morgan fingerprint density at radius 2 is 2.38 bits per heavy atom. The number of aromatic nitrogens is 1. The first-order chi connectivity index (χ1) is 6.27. The molecule has 1 atom stereocenters. The van der Waals surface area contributed by atoms with Crippen molar-refractivity contribution in [2.24, 2.45) is 5.73 Å². The molecule has 3 N–H and O–H groups in total. The third-order valence-corrected chi connectivity index (χ3v) is 1.75. The molecule has 0 aliphatic rings. The Morgan fingerprint density at radius 1 is 1.62 bits per heavy atom. The number of hydrogen-bond donors (Lipinski definition) is 2. The van der Waals surface area contributed by atoms with Crippen LogP contribution in [0.15, 0.2) is 18.3 Å². The first-order valence-electron chi connectivity index (χ1n) is 3.96. The molecule has 0 saturated heterocycles. The van der Waals surface area contributed by atoms with Crippen LogP contribution in [0.3, 0.4) is 0 Å². The van der Waals surface area contributed by atoms with E-state index in [4.69, 9.17) is 16.1 Å². The van der Waals surface area contributed by atoms with Crippen molar-refractivity contribution in [1.82, 2.24) is 4.98 Å². The fraction of sp³-hybridized carbons (Fsp3) is 0.333. The Bertz CT molecular complexity index is 302. The van der Waals surface area contributed by atoms with Crippen LogP contribution < -0.4 is 5.73 Å². The van der Waals surface area contributed by atoms with E-state index in [-0.39, 0.29) is 19.1 Å². The van der Waals surface area contributed by atoms with Crippen molar-refractivity contribution in [3.8, 4) is 6.07 Å². The summed E-state index contributed by atoms with van der Waals surface area (Å²) in [4.78, 5) is 3.96. The molecule has 0 spiro atoms. The second-order valence-electron chi connectivity index (χ2n) is 2.71. The Hall–Kier alpha value is -1.44. The van der Waals surface area contributed by atoms with E-state index in [1.807, 2.05) is 6.07 Å². The molecule has 68 valence electrons. The number of aliphatic hydroxyl groups excluding tert-OH is 1. The van der Waals surface area contributed by atoms with Crippen molar-refractivity contribution in [1.29, 1.82) is 5.26 Å². The van der Waals surface area contributed by atoms with Crippen LogP contribution in [0.2, 0.25) is 0 Å². The van der Waals surface area contributed by atoms with Crippen molar-refractivity contribution in [3.05, 3.63) is 29.6 Å². The predicted octanol–water partition coefficient (Wildman–Crippen LogP) is 0.487. The van der Waals surface area contributed by atoms with Gasteiger partial charge >= 0.3 is 0 Å². The second-order valence-corrected chi connectivity index (χ2v) is 2.71. The van der Waals surface area contributed by atoms with Crippen LogP contribution in [0.1, 0.15) is 23.7 Å². The Kier molecular flexibility index (Phi) is 3.38. The third-order valence-electron chi connectivity index (χ3n) is 1.75. The number of rotatable bonds is 3. The fourth-order valence-corrected chi connectivity index (χ4v) is 0.965. The molecule has 0 aromatic carbocycles. The van der Waals surface area contributed by atoms with Crippen LogP contribution >= 0.6 is 0 Å². The van der Waals surface area contributed by atoms with Crippen molar-refractivity contribution in [2.45, 2.75) is 19.1 Å². The minimum Gasteiger partial charge on any atom is -0.390 e. The first kappa shape index (κ1) is 9.65. The Balaban J connectivity index is 2.74. The summed E-state index contributed by atoms with van der Waals surface area (Å²) >= 11 is 0. The van der Waals surface area contributed by atoms with E-state index in [0.717, 1.165) is 5.56 Å². The lowest BCUT2D eigenvalue weighted by molar-refractivity contribution is 0.277. The molecule has 0 aliphatic heterocycles. The van der Waals surface area contributed by atoms with Gasteiger partial charge in [-0.15, -0.1) is 0 Å². The third kappa shape index (κ3) is 2.51. The number of nitrogens with two attached hydrogens (primary N) is 1. The van der Waals surface area contributed by atoms with Crippen LogP contribution in [0.4, 0.5) is 0 Å². The Morgan fingerprint density at radius 3 is 2.85 bits per heavy atom. The highest BCUT2D eigenvalue weighted by molar-refractivity contribution is 5.18. The van der Waals surface area contributed by atoms with E-state index in [1.165, 1.54) is 0 Å². The van der Waals surface area contributed by atoms with Crippen LogP contribution in [-0.4, -0.2) is 10.1 Å². The van der Waals surface area contributed by atoms with E-state index in [0.29, 0.717) is 5.69 Å². The van der Waals surface area contributed by atoms with Gasteiger partial charge < -0.3 is 10.8 Å². The lowest BCUT2D eigenvalue weighted by atomic mass is 10.1. The molecule has 4 heteroatoms. The minimum atomic E-state index is -0.287. The van der Waals surface area contributed by atoms with E-state index < -0.39 is 0 Å². The molecular weight excluding hydrogens is 166 g/mol. The molecule has 0 amide bonds. The molecule has 0 radical (unpaired) electrons. The molecule has 1 aromatic rings. The molecule has 0 saturated carbocycles. The molecule has 4 nitrogen and oxygen atoms in total. The smallest absolute Gasteiger partial charge is 0.0852 e. The highest BCUT2D eigenvalue weighted by Gasteiger charge is 2.04. The topological polar surface area (TPSA) is 82.9 Å². The molecule has 0 aliphatic carbocycles. The zero-order valence-corrected chi connectivity index (χ0v) is 7.14. The highest BCUT2D eigenvalue weighted by atomic mass is 16.3. The van der Waals surface area contributed by atoms with E-state index in [9.17, 15) is 0 Å². The number of nitrogens with zero attached hydrogens (tertiary/aromatic N) is 2. The van der Waals surface area contributed by atoms with Crippen molar-refractivity contribution >= 4 is 0 Å². The molecule has 0 fully saturated rings. The van der Waals surface area contributed by atoms with Gasteiger partial charge in [-0.05, 0) is 11.6 Å². The zero-order valence-electron chi connectivity index (χ0n) is 7.14. The standard InChI is InChI=1S/C9H11N3O/c10-4-3-9(11)7-1-2-8(6-13)12-5-7/h1-2,5,9,13H,3,6,11H2/t9-/m0/s1. The van der Waals surface area contributed by atoms with E-state index in [1.54, 1.807) is 18.3 Å². The maximum atomic E-state index is 8.72. The highest BCUT2D eigenvalue weighted by Crippen LogP contribution is 2.12. The summed E-state index contributed by atoms with van der Waals surface area (Å²) in [6.07, 6.45) is 1.87. The van der Waals surface area contributed by atoms with Gasteiger partial charge in [-0.3, -0.25) is 4.98 Å². The van der Waals surface area contributed by atoms with Gasteiger partial charge in [0.25, 0.3) is 0 Å². The maximum absolute atomic E-state index is 8.72. The summed E-state index contributed by atoms with van der Waals surface area (Å²) in [6, 6.07) is 5.18. The van der Waals surface area contributed by atoms with E-state index >= 15 is 0 Å². The SMILES string of the molecule is N#CC[C@H](N)c1ccc(CO)nc1. The van der Waals surface area contributed by atoms with E-state index in [2.05, 4.69) is 4.98 Å². The van der Waals surface area contributed by atoms with Crippen LogP contribution in [0, 0.1) is 11.3 Å². The molecule has 13 heavy (non-hydrogen) atoms. The summed E-state index contributed by atoms with van der Waals surface area (Å²) in [6.45, 7) is -0.0756. The fourth-order valence-electron chi connectivity index (χ4n) is 0.965. The maximum Gasteiger partial charge on any atom is 0.0852 e. The number of hydrogen-bond acceptors (Lipinski definition) is 4. The minimum absolute atomic E-state index is 0.0756. The largest absolute Gasteiger partial charge is 0.390 e. The Labute approximate surface area is 76.6 Å². The average Bonchev–Trinajstić information content (AvgIpc) is 2.18. The van der Waals surface area contributed by atoms with Gasteiger partial charge in [-0.2, -0.15) is 5.26 Å². The van der Waals surface area contributed by atoms with Crippen molar-refractivity contribution < 1.29 is 5.11 Å². The number of aliphatic hydroxyl groups is 1. The molecule has 1 aromatic heterocycles. The molecule has 1 rings (SSSR count). The van der Waals surface area contributed by atoms with Crippen LogP contribution in [0.25, 0.3) is 0 Å². The van der Waals surface area contributed by atoms with Gasteiger partial charge in [0.05, 0.1) is 24.8 Å². The van der Waals surface area contributed by atoms with Gasteiger partial charge in [-0.1, -0.05) is 6.07 Å². The number of pyridine rings is 1. The summed E-state index contributed by atoms with van der Waals surface area (Å²) < 4.78 is 0.